The van der Waals surface area contributed by atoms with Gasteiger partial charge in [0.05, 0.1) is 0 Å². The fraction of sp³-hybridized carbons (Fsp3) is 0.158. The number of aryl methyl sites for hydroxylation is 1. The number of nitrogens with zero attached hydrogens (tertiary/aromatic N) is 2. The number of para-hydroxylation sites is 1. The number of benzene rings is 2. The molecule has 3 nitrogen and oxygen atoms in total. The van der Waals surface area contributed by atoms with Crippen LogP contribution >= 0.6 is 35.0 Å². The molecule has 2 aromatic heterocycles. The third kappa shape index (κ3) is 3.22. The molecule has 0 unspecified atom stereocenters. The van der Waals surface area contributed by atoms with E-state index in [4.69, 9.17) is 27.6 Å². The summed E-state index contributed by atoms with van der Waals surface area (Å²) in [7, 11) is 0. The molecule has 2 aromatic carbocycles. The van der Waals surface area contributed by atoms with Crippen LogP contribution in [0.3, 0.4) is 0 Å². The van der Waals surface area contributed by atoms with Gasteiger partial charge in [0, 0.05) is 27.6 Å². The maximum Gasteiger partial charge on any atom is 0.186 e. The Morgan fingerprint density at radius 1 is 1.08 bits per heavy atom. The van der Waals surface area contributed by atoms with Crippen LogP contribution in [0.15, 0.2) is 51.9 Å². The minimum atomic E-state index is 0.633. The van der Waals surface area contributed by atoms with Gasteiger partial charge < -0.3 is 4.42 Å². The molecular weight excluding hydrogens is 375 g/mol. The second-order valence-electron chi connectivity index (χ2n) is 5.60. The molecule has 0 aliphatic carbocycles. The molecule has 0 bridgehead atoms. The maximum atomic E-state index is 6.28. The molecule has 25 heavy (non-hydrogen) atoms. The van der Waals surface area contributed by atoms with Crippen molar-refractivity contribution < 1.29 is 4.42 Å². The molecule has 4 rings (SSSR count). The number of fused-ring (bicyclic) bond motifs is 3. The lowest BCUT2D eigenvalue weighted by Crippen LogP contribution is -1.95. The quantitative estimate of drug-likeness (QED) is 0.294. The van der Waals surface area contributed by atoms with E-state index in [1.807, 2.05) is 43.3 Å². The minimum absolute atomic E-state index is 0.633. The summed E-state index contributed by atoms with van der Waals surface area (Å²) >= 11 is 13.8. The third-order valence-electron chi connectivity index (χ3n) is 3.93. The molecule has 0 amide bonds. The first-order chi connectivity index (χ1) is 12.2. The van der Waals surface area contributed by atoms with E-state index >= 15 is 0 Å². The first-order valence-electron chi connectivity index (χ1n) is 7.90. The van der Waals surface area contributed by atoms with Gasteiger partial charge in [-0.3, -0.25) is 0 Å². The highest BCUT2D eigenvalue weighted by Crippen LogP contribution is 2.35. The van der Waals surface area contributed by atoms with Crippen molar-refractivity contribution in [1.29, 1.82) is 0 Å². The van der Waals surface area contributed by atoms with Gasteiger partial charge in [0.25, 0.3) is 0 Å². The summed E-state index contributed by atoms with van der Waals surface area (Å²) in [6.07, 6.45) is 0.769. The Morgan fingerprint density at radius 2 is 1.92 bits per heavy atom. The van der Waals surface area contributed by atoms with Crippen molar-refractivity contribution in [3.05, 3.63) is 63.9 Å². The SMILES string of the molecule is CCc1nc(SCc2ccc(Cl)cc2Cl)c2oc3ccccc3c2n1. The summed E-state index contributed by atoms with van der Waals surface area (Å²) in [5.74, 6) is 1.49. The van der Waals surface area contributed by atoms with Crippen molar-refractivity contribution in [2.45, 2.75) is 24.1 Å². The Bertz CT molecular complexity index is 1080. The molecule has 4 aromatic rings. The number of hydrogen-bond donors (Lipinski definition) is 0. The molecule has 0 aliphatic rings. The fourth-order valence-corrected chi connectivity index (χ4v) is 4.19. The highest BCUT2D eigenvalue weighted by atomic mass is 35.5. The molecule has 0 spiro atoms. The third-order valence-corrected chi connectivity index (χ3v) is 5.52. The van der Waals surface area contributed by atoms with Crippen molar-refractivity contribution >= 4 is 57.0 Å². The van der Waals surface area contributed by atoms with Gasteiger partial charge >= 0.3 is 0 Å². The zero-order valence-electron chi connectivity index (χ0n) is 13.4. The van der Waals surface area contributed by atoms with Gasteiger partial charge in [0.15, 0.2) is 5.58 Å². The lowest BCUT2D eigenvalue weighted by molar-refractivity contribution is 0.651. The summed E-state index contributed by atoms with van der Waals surface area (Å²) in [5, 5.41) is 3.14. The zero-order valence-corrected chi connectivity index (χ0v) is 15.8. The summed E-state index contributed by atoms with van der Waals surface area (Å²) in [5.41, 5.74) is 3.43. The van der Waals surface area contributed by atoms with Crippen LogP contribution in [0.2, 0.25) is 10.0 Å². The number of rotatable bonds is 4. The normalized spacial score (nSPS) is 11.5. The molecule has 0 saturated heterocycles. The predicted molar refractivity (Wildman–Crippen MR) is 105 cm³/mol. The van der Waals surface area contributed by atoms with Crippen molar-refractivity contribution in [2.75, 3.05) is 0 Å². The van der Waals surface area contributed by atoms with Crippen LogP contribution in [-0.4, -0.2) is 9.97 Å². The highest BCUT2D eigenvalue weighted by Gasteiger charge is 2.16. The number of thioether (sulfide) groups is 1. The summed E-state index contributed by atoms with van der Waals surface area (Å²) in [4.78, 5) is 9.33. The van der Waals surface area contributed by atoms with Crippen LogP contribution in [0.25, 0.3) is 22.1 Å². The van der Waals surface area contributed by atoms with Gasteiger partial charge in [0.2, 0.25) is 0 Å². The van der Waals surface area contributed by atoms with Gasteiger partial charge in [-0.2, -0.15) is 0 Å². The standard InChI is InChI=1S/C19H14Cl2N2OS/c1-2-16-22-17-13-5-3-4-6-15(13)24-18(17)19(23-16)25-10-11-7-8-12(20)9-14(11)21/h3-9H,2,10H2,1H3. The molecule has 0 saturated carbocycles. The van der Waals surface area contributed by atoms with E-state index in [0.717, 1.165) is 44.9 Å². The van der Waals surface area contributed by atoms with Gasteiger partial charge in [-0.1, -0.05) is 60.1 Å². The van der Waals surface area contributed by atoms with Crippen LogP contribution in [0.5, 0.6) is 0 Å². The summed E-state index contributed by atoms with van der Waals surface area (Å²) < 4.78 is 6.02. The van der Waals surface area contributed by atoms with Crippen LogP contribution < -0.4 is 0 Å². The molecule has 2 heterocycles. The van der Waals surface area contributed by atoms with Crippen molar-refractivity contribution in [2.24, 2.45) is 0 Å². The second-order valence-corrected chi connectivity index (χ2v) is 7.41. The number of furan rings is 1. The first kappa shape index (κ1) is 16.7. The molecule has 0 aliphatic heterocycles. The fourth-order valence-electron chi connectivity index (χ4n) is 2.65. The van der Waals surface area contributed by atoms with E-state index in [2.05, 4.69) is 9.97 Å². The van der Waals surface area contributed by atoms with Gasteiger partial charge in [-0.15, -0.1) is 0 Å². The summed E-state index contributed by atoms with van der Waals surface area (Å²) in [6, 6.07) is 13.5. The predicted octanol–water partition coefficient (Wildman–Crippen LogP) is 6.54. The number of aromatic nitrogens is 2. The van der Waals surface area contributed by atoms with Crippen LogP contribution in [0, 0.1) is 0 Å². The first-order valence-corrected chi connectivity index (χ1v) is 9.64. The van der Waals surface area contributed by atoms with E-state index in [1.54, 1.807) is 17.8 Å². The van der Waals surface area contributed by atoms with Crippen molar-refractivity contribution in [1.82, 2.24) is 9.97 Å². The molecule has 0 N–H and O–H groups in total. The van der Waals surface area contributed by atoms with E-state index in [-0.39, 0.29) is 0 Å². The minimum Gasteiger partial charge on any atom is -0.451 e. The van der Waals surface area contributed by atoms with E-state index in [9.17, 15) is 0 Å². The molecular formula is C19H14Cl2N2OS. The van der Waals surface area contributed by atoms with Crippen LogP contribution in [-0.2, 0) is 12.2 Å². The Balaban J connectivity index is 1.77. The van der Waals surface area contributed by atoms with E-state index in [0.29, 0.717) is 15.8 Å². The largest absolute Gasteiger partial charge is 0.451 e. The van der Waals surface area contributed by atoms with Crippen LogP contribution in [0.1, 0.15) is 18.3 Å². The van der Waals surface area contributed by atoms with Gasteiger partial charge in [-0.25, -0.2) is 9.97 Å². The lowest BCUT2D eigenvalue weighted by atomic mass is 10.2. The highest BCUT2D eigenvalue weighted by molar-refractivity contribution is 7.98. The van der Waals surface area contributed by atoms with Gasteiger partial charge in [-0.05, 0) is 29.8 Å². The molecule has 0 atom stereocenters. The Labute approximate surface area is 159 Å². The van der Waals surface area contributed by atoms with Crippen molar-refractivity contribution in [3.8, 4) is 0 Å². The zero-order chi connectivity index (χ0) is 17.4. The molecule has 0 radical (unpaired) electrons. The van der Waals surface area contributed by atoms with Crippen molar-refractivity contribution in [3.63, 3.8) is 0 Å². The van der Waals surface area contributed by atoms with E-state index < -0.39 is 0 Å². The molecule has 126 valence electrons. The number of hydrogen-bond acceptors (Lipinski definition) is 4. The average molecular weight is 389 g/mol. The van der Waals surface area contributed by atoms with E-state index in [1.165, 1.54) is 0 Å². The summed E-state index contributed by atoms with van der Waals surface area (Å²) in [6.45, 7) is 2.05. The number of halogens is 2. The second kappa shape index (κ2) is 6.87. The Hall–Kier alpha value is -1.75. The Morgan fingerprint density at radius 3 is 2.72 bits per heavy atom. The topological polar surface area (TPSA) is 38.9 Å². The monoisotopic (exact) mass is 388 g/mol. The lowest BCUT2D eigenvalue weighted by Gasteiger charge is -2.06. The molecule has 0 fully saturated rings. The smallest absolute Gasteiger partial charge is 0.186 e. The maximum absolute atomic E-state index is 6.28. The average Bonchev–Trinajstić information content (AvgIpc) is 2.99. The van der Waals surface area contributed by atoms with Crippen LogP contribution in [0.4, 0.5) is 0 Å². The molecule has 6 heteroatoms. The Kier molecular flexibility index (Phi) is 4.59. The van der Waals surface area contributed by atoms with Gasteiger partial charge in [0.1, 0.15) is 22.0 Å².